The maximum Gasteiger partial charge on any atom is 0.257 e. The highest BCUT2D eigenvalue weighted by atomic mass is 16.3. The Morgan fingerprint density at radius 2 is 2.06 bits per heavy atom. The van der Waals surface area contributed by atoms with Gasteiger partial charge in [0.1, 0.15) is 17.3 Å². The van der Waals surface area contributed by atoms with E-state index in [1.165, 1.54) is 6.26 Å². The second-order valence-corrected chi connectivity index (χ2v) is 4.06. The number of carbonyl (C=O) groups is 1. The van der Waals surface area contributed by atoms with E-state index >= 15 is 0 Å². The normalized spacial score (nSPS) is 10.5. The van der Waals surface area contributed by atoms with Crippen molar-refractivity contribution < 1.29 is 13.6 Å². The molecule has 4 heteroatoms. The summed E-state index contributed by atoms with van der Waals surface area (Å²) in [4.78, 5) is 13.7. The maximum absolute atomic E-state index is 12.1. The summed E-state index contributed by atoms with van der Waals surface area (Å²) in [5.74, 6) is 2.20. The van der Waals surface area contributed by atoms with Crippen molar-refractivity contribution in [1.82, 2.24) is 4.90 Å². The highest BCUT2D eigenvalue weighted by Crippen LogP contribution is 2.14. The van der Waals surface area contributed by atoms with Crippen LogP contribution in [0.3, 0.4) is 0 Å². The molecule has 0 aliphatic rings. The second-order valence-electron chi connectivity index (χ2n) is 4.06. The zero-order chi connectivity index (χ0) is 12.4. The van der Waals surface area contributed by atoms with E-state index in [1.54, 1.807) is 24.9 Å². The minimum absolute atomic E-state index is 0.0645. The summed E-state index contributed by atoms with van der Waals surface area (Å²) in [5, 5.41) is 0. The average Bonchev–Trinajstić information content (AvgIpc) is 2.86. The van der Waals surface area contributed by atoms with Crippen molar-refractivity contribution in [3.8, 4) is 0 Å². The molecule has 2 heterocycles. The van der Waals surface area contributed by atoms with Gasteiger partial charge < -0.3 is 13.7 Å². The first-order valence-corrected chi connectivity index (χ1v) is 5.43. The monoisotopic (exact) mass is 233 g/mol. The highest BCUT2D eigenvalue weighted by molar-refractivity contribution is 5.94. The molecular weight excluding hydrogens is 218 g/mol. The minimum Gasteiger partial charge on any atom is -0.469 e. The summed E-state index contributed by atoms with van der Waals surface area (Å²) in [5.41, 5.74) is 0.593. The molecule has 0 fully saturated rings. The van der Waals surface area contributed by atoms with E-state index in [2.05, 4.69) is 0 Å². The van der Waals surface area contributed by atoms with E-state index in [-0.39, 0.29) is 5.91 Å². The van der Waals surface area contributed by atoms with Crippen molar-refractivity contribution in [3.05, 3.63) is 47.3 Å². The van der Waals surface area contributed by atoms with Gasteiger partial charge in [0.25, 0.3) is 5.91 Å². The topological polar surface area (TPSA) is 46.6 Å². The quantitative estimate of drug-likeness (QED) is 0.818. The van der Waals surface area contributed by atoms with E-state index in [0.29, 0.717) is 17.9 Å². The fourth-order valence-corrected chi connectivity index (χ4v) is 1.69. The SMILES string of the molecule is Cc1ccc(CN(C)C(=O)c2ccoc2C)o1. The van der Waals surface area contributed by atoms with E-state index in [9.17, 15) is 4.79 Å². The first-order chi connectivity index (χ1) is 8.08. The molecule has 0 saturated heterocycles. The molecule has 0 bridgehead atoms. The molecule has 90 valence electrons. The molecule has 17 heavy (non-hydrogen) atoms. The first kappa shape index (κ1) is 11.5. The van der Waals surface area contributed by atoms with Crippen LogP contribution in [0.5, 0.6) is 0 Å². The van der Waals surface area contributed by atoms with Gasteiger partial charge in [-0.3, -0.25) is 4.79 Å². The van der Waals surface area contributed by atoms with Crippen molar-refractivity contribution in [3.63, 3.8) is 0 Å². The van der Waals surface area contributed by atoms with Crippen LogP contribution in [-0.4, -0.2) is 17.9 Å². The zero-order valence-corrected chi connectivity index (χ0v) is 10.2. The number of aryl methyl sites for hydroxylation is 2. The molecule has 4 nitrogen and oxygen atoms in total. The van der Waals surface area contributed by atoms with Gasteiger partial charge in [-0.05, 0) is 32.0 Å². The Balaban J connectivity index is 2.08. The summed E-state index contributed by atoms with van der Waals surface area (Å²) in [6, 6.07) is 5.44. The number of hydrogen-bond acceptors (Lipinski definition) is 3. The van der Waals surface area contributed by atoms with Gasteiger partial charge in [-0.2, -0.15) is 0 Å². The van der Waals surface area contributed by atoms with Gasteiger partial charge in [-0.1, -0.05) is 0 Å². The number of hydrogen-bond donors (Lipinski definition) is 0. The molecule has 2 aromatic heterocycles. The fourth-order valence-electron chi connectivity index (χ4n) is 1.69. The number of carbonyl (C=O) groups excluding carboxylic acids is 1. The van der Waals surface area contributed by atoms with Gasteiger partial charge in [0.15, 0.2) is 0 Å². The van der Waals surface area contributed by atoms with Gasteiger partial charge in [-0.15, -0.1) is 0 Å². The van der Waals surface area contributed by atoms with E-state index in [0.717, 1.165) is 11.5 Å². The van der Waals surface area contributed by atoms with Crippen molar-refractivity contribution in [2.75, 3.05) is 7.05 Å². The van der Waals surface area contributed by atoms with Crippen LogP contribution in [-0.2, 0) is 6.54 Å². The summed E-state index contributed by atoms with van der Waals surface area (Å²) >= 11 is 0. The highest BCUT2D eigenvalue weighted by Gasteiger charge is 2.17. The molecule has 2 aromatic rings. The second kappa shape index (κ2) is 4.49. The number of furan rings is 2. The standard InChI is InChI=1S/C13H15NO3/c1-9-4-5-11(17-9)8-14(3)13(15)12-6-7-16-10(12)2/h4-7H,8H2,1-3H3. The summed E-state index contributed by atoms with van der Waals surface area (Å²) in [6.45, 7) is 4.11. The Labute approximate surface area is 99.8 Å². The van der Waals surface area contributed by atoms with Crippen LogP contribution < -0.4 is 0 Å². The molecule has 0 unspecified atom stereocenters. The Bertz CT molecular complexity index is 524. The smallest absolute Gasteiger partial charge is 0.257 e. The van der Waals surface area contributed by atoms with Crippen molar-refractivity contribution in [2.45, 2.75) is 20.4 Å². The van der Waals surface area contributed by atoms with E-state index < -0.39 is 0 Å². The van der Waals surface area contributed by atoms with Crippen molar-refractivity contribution >= 4 is 5.91 Å². The Kier molecular flexibility index (Phi) is 3.04. The molecule has 0 saturated carbocycles. The molecule has 0 aliphatic carbocycles. The van der Waals surface area contributed by atoms with Crippen LogP contribution in [0, 0.1) is 13.8 Å². The number of amides is 1. The lowest BCUT2D eigenvalue weighted by atomic mass is 10.2. The molecule has 0 radical (unpaired) electrons. The Morgan fingerprint density at radius 3 is 2.59 bits per heavy atom. The van der Waals surface area contributed by atoms with Crippen molar-refractivity contribution in [2.24, 2.45) is 0 Å². The van der Waals surface area contributed by atoms with Crippen LogP contribution in [0.15, 0.2) is 33.3 Å². The van der Waals surface area contributed by atoms with Crippen LogP contribution in [0.2, 0.25) is 0 Å². The van der Waals surface area contributed by atoms with Crippen LogP contribution >= 0.6 is 0 Å². The Hall–Kier alpha value is -1.97. The molecule has 2 rings (SSSR count). The van der Waals surface area contributed by atoms with Gasteiger partial charge >= 0.3 is 0 Å². The van der Waals surface area contributed by atoms with E-state index in [1.807, 2.05) is 19.1 Å². The predicted octanol–water partition coefficient (Wildman–Crippen LogP) is 2.76. The Morgan fingerprint density at radius 1 is 1.29 bits per heavy atom. The largest absolute Gasteiger partial charge is 0.469 e. The van der Waals surface area contributed by atoms with Gasteiger partial charge in [0.2, 0.25) is 0 Å². The summed E-state index contributed by atoms with van der Waals surface area (Å²) in [7, 11) is 1.74. The number of nitrogens with zero attached hydrogens (tertiary/aromatic N) is 1. The third-order valence-corrected chi connectivity index (χ3v) is 2.62. The minimum atomic E-state index is -0.0645. The predicted molar refractivity (Wildman–Crippen MR) is 62.7 cm³/mol. The molecule has 0 atom stereocenters. The van der Waals surface area contributed by atoms with E-state index in [4.69, 9.17) is 8.83 Å². The lowest BCUT2D eigenvalue weighted by Gasteiger charge is -2.14. The molecular formula is C13H15NO3. The molecule has 0 spiro atoms. The molecule has 0 aromatic carbocycles. The maximum atomic E-state index is 12.1. The van der Waals surface area contributed by atoms with Crippen LogP contribution in [0.25, 0.3) is 0 Å². The summed E-state index contributed by atoms with van der Waals surface area (Å²) < 4.78 is 10.6. The first-order valence-electron chi connectivity index (χ1n) is 5.43. The molecule has 0 N–H and O–H groups in total. The summed E-state index contributed by atoms with van der Waals surface area (Å²) in [6.07, 6.45) is 1.52. The zero-order valence-electron chi connectivity index (χ0n) is 10.2. The van der Waals surface area contributed by atoms with Crippen LogP contribution in [0.1, 0.15) is 27.6 Å². The average molecular weight is 233 g/mol. The lowest BCUT2D eigenvalue weighted by molar-refractivity contribution is 0.0773. The molecule has 1 amide bonds. The van der Waals surface area contributed by atoms with Gasteiger partial charge in [-0.25, -0.2) is 0 Å². The third kappa shape index (κ3) is 2.41. The van der Waals surface area contributed by atoms with Gasteiger partial charge in [0.05, 0.1) is 18.4 Å². The fraction of sp³-hybridized carbons (Fsp3) is 0.308. The lowest BCUT2D eigenvalue weighted by Crippen LogP contribution is -2.26. The van der Waals surface area contributed by atoms with Crippen LogP contribution in [0.4, 0.5) is 0 Å². The van der Waals surface area contributed by atoms with Crippen molar-refractivity contribution in [1.29, 1.82) is 0 Å². The number of rotatable bonds is 3. The molecule has 0 aliphatic heterocycles. The third-order valence-electron chi connectivity index (χ3n) is 2.62. The van der Waals surface area contributed by atoms with Gasteiger partial charge in [0, 0.05) is 7.05 Å².